The molecule has 1 aromatic carbocycles. The van der Waals surface area contributed by atoms with Crippen LogP contribution in [0.25, 0.3) is 17.0 Å². The molecule has 2 unspecified atom stereocenters. The number of nitrogens with two attached hydrogens (primary N) is 1. The first-order chi connectivity index (χ1) is 16.0. The van der Waals surface area contributed by atoms with Gasteiger partial charge in [-0.3, -0.25) is 9.78 Å². The summed E-state index contributed by atoms with van der Waals surface area (Å²) in [6.07, 6.45) is 2.14. The lowest BCUT2D eigenvalue weighted by molar-refractivity contribution is -0.138. The van der Waals surface area contributed by atoms with E-state index in [1.165, 1.54) is 6.20 Å². The quantitative estimate of drug-likeness (QED) is 0.386. The molecule has 1 aliphatic carbocycles. The molecular weight excluding hydrogens is 420 g/mol. The average Bonchev–Trinajstić information content (AvgIpc) is 3.63. The Morgan fingerprint density at radius 3 is 2.82 bits per heavy atom. The Morgan fingerprint density at radius 2 is 2.09 bits per heavy atom. The van der Waals surface area contributed by atoms with Gasteiger partial charge in [-0.2, -0.15) is 10.4 Å². The van der Waals surface area contributed by atoms with E-state index >= 15 is 0 Å². The van der Waals surface area contributed by atoms with E-state index in [9.17, 15) is 4.79 Å². The minimum atomic E-state index is -0.794. The number of carboxylic acids is 1. The van der Waals surface area contributed by atoms with Gasteiger partial charge in [-0.25, -0.2) is 15.5 Å². The predicted molar refractivity (Wildman–Crippen MR) is 119 cm³/mol. The first-order valence-electron chi connectivity index (χ1n) is 10.1. The zero-order valence-corrected chi connectivity index (χ0v) is 17.4. The van der Waals surface area contributed by atoms with Crippen LogP contribution in [0.1, 0.15) is 35.0 Å². The third-order valence-corrected chi connectivity index (χ3v) is 5.25. The van der Waals surface area contributed by atoms with Crippen LogP contribution < -0.4 is 11.1 Å². The Morgan fingerprint density at radius 1 is 1.27 bits per heavy atom. The molecule has 33 heavy (non-hydrogen) atoms. The molecule has 0 amide bonds. The Labute approximate surface area is 189 Å². The van der Waals surface area contributed by atoms with Crippen molar-refractivity contribution in [3.8, 4) is 17.3 Å². The molecule has 0 spiro atoms. The van der Waals surface area contributed by atoms with Gasteiger partial charge in [-0.15, -0.1) is 0 Å². The maximum absolute atomic E-state index is 11.1. The summed E-state index contributed by atoms with van der Waals surface area (Å²) in [6.45, 7) is 0.356. The maximum Gasteiger partial charge on any atom is 0.307 e. The number of nitrogens with one attached hydrogen (secondary N) is 2. The molecule has 10 heteroatoms. The Kier molecular flexibility index (Phi) is 6.04. The van der Waals surface area contributed by atoms with Crippen LogP contribution in [0.2, 0.25) is 0 Å². The number of carbonyl (C=O) groups is 1. The number of aromatic nitrogens is 3. The number of aliphatic carboxylic acids is 1. The second-order valence-corrected chi connectivity index (χ2v) is 7.55. The van der Waals surface area contributed by atoms with Crippen LogP contribution in [-0.2, 0) is 11.3 Å². The van der Waals surface area contributed by atoms with E-state index in [0.29, 0.717) is 35.5 Å². The van der Waals surface area contributed by atoms with E-state index in [1.807, 2.05) is 18.2 Å². The number of pyridine rings is 1. The minimum Gasteiger partial charge on any atom is -0.481 e. The number of nitriles is 1. The van der Waals surface area contributed by atoms with Crippen molar-refractivity contribution in [3.05, 3.63) is 77.4 Å². The van der Waals surface area contributed by atoms with Gasteiger partial charge in [-0.1, -0.05) is 18.2 Å². The third kappa shape index (κ3) is 4.99. The number of anilines is 1. The lowest BCUT2D eigenvalue weighted by Crippen LogP contribution is -2.09. The number of benzene rings is 1. The molecule has 0 aliphatic heterocycles. The molecule has 2 atom stereocenters. The van der Waals surface area contributed by atoms with Crippen molar-refractivity contribution in [2.24, 2.45) is 11.0 Å². The summed E-state index contributed by atoms with van der Waals surface area (Å²) in [5.74, 6) is -1.18. The molecule has 1 fully saturated rings. The van der Waals surface area contributed by atoms with Crippen molar-refractivity contribution in [2.75, 3.05) is 5.73 Å². The molecule has 0 radical (unpaired) electrons. The summed E-state index contributed by atoms with van der Waals surface area (Å²) in [5.41, 5.74) is 17.2. The normalized spacial score (nSPS) is 17.1. The third-order valence-electron chi connectivity index (χ3n) is 5.25. The Balaban J connectivity index is 1.51. The van der Waals surface area contributed by atoms with Crippen LogP contribution in [0.4, 0.5) is 5.95 Å². The molecule has 4 rings (SSSR count). The van der Waals surface area contributed by atoms with Gasteiger partial charge in [0.15, 0.2) is 0 Å². The fourth-order valence-electron chi connectivity index (χ4n) is 3.51. The van der Waals surface area contributed by atoms with Gasteiger partial charge in [0, 0.05) is 23.4 Å². The monoisotopic (exact) mass is 440 g/mol. The standard InChI is InChI=1S/C23H20N8O2/c24-10-13-3-1-4-14(7-13)19-9-20(30-23(25)29-19)21(31-26)12-27-11-15-5-2-6-18(28-15)16-8-17(16)22(32)33/h1-7,9,12,16-17,26-27H,8,11H2,(H,32,33)(H2,25,29,30)/b21-12-,31-26?. The number of nitrogen functional groups attached to an aromatic ring is 1. The number of hydrogen-bond acceptors (Lipinski definition) is 9. The summed E-state index contributed by atoms with van der Waals surface area (Å²) in [4.78, 5) is 24.1. The lowest BCUT2D eigenvalue weighted by atomic mass is 10.1. The van der Waals surface area contributed by atoms with Crippen LogP contribution in [0, 0.1) is 22.8 Å². The van der Waals surface area contributed by atoms with Crippen LogP contribution in [0.15, 0.2) is 59.8 Å². The highest BCUT2D eigenvalue weighted by Crippen LogP contribution is 2.46. The highest BCUT2D eigenvalue weighted by atomic mass is 16.4. The number of rotatable bonds is 8. The van der Waals surface area contributed by atoms with Gasteiger partial charge in [0.2, 0.25) is 5.95 Å². The van der Waals surface area contributed by atoms with Crippen molar-refractivity contribution in [1.29, 1.82) is 10.8 Å². The number of carboxylic acid groups (broad SMARTS) is 1. The smallest absolute Gasteiger partial charge is 0.307 e. The minimum absolute atomic E-state index is 0.0196. The maximum atomic E-state index is 11.1. The second kappa shape index (κ2) is 9.23. The Bertz CT molecular complexity index is 1300. The fourth-order valence-corrected chi connectivity index (χ4v) is 3.51. The average molecular weight is 440 g/mol. The summed E-state index contributed by atoms with van der Waals surface area (Å²) < 4.78 is 0. The molecule has 1 aliphatic rings. The summed E-state index contributed by atoms with van der Waals surface area (Å²) in [5, 5.41) is 24.9. The highest BCUT2D eigenvalue weighted by Gasteiger charge is 2.45. The van der Waals surface area contributed by atoms with Gasteiger partial charge in [0.25, 0.3) is 0 Å². The summed E-state index contributed by atoms with van der Waals surface area (Å²) in [6, 6.07) is 16.2. The largest absolute Gasteiger partial charge is 0.481 e. The molecule has 2 heterocycles. The zero-order valence-electron chi connectivity index (χ0n) is 17.4. The summed E-state index contributed by atoms with van der Waals surface area (Å²) in [7, 11) is 0. The SMILES string of the molecule is N#Cc1cccc(-c2cc(/C(=C/NCc3cccc(C4CC4C(=O)O)n3)N=N)nc(N)n2)c1. The number of nitrogens with zero attached hydrogens (tertiary/aromatic N) is 5. The molecule has 3 aromatic rings. The predicted octanol–water partition coefficient (Wildman–Crippen LogP) is 3.30. The molecule has 0 saturated heterocycles. The van der Waals surface area contributed by atoms with Crippen molar-refractivity contribution in [1.82, 2.24) is 20.3 Å². The second-order valence-electron chi connectivity index (χ2n) is 7.55. The Hall–Kier alpha value is -4.65. The topological polar surface area (TPSA) is 174 Å². The van der Waals surface area contributed by atoms with Crippen molar-refractivity contribution < 1.29 is 9.90 Å². The van der Waals surface area contributed by atoms with Crippen LogP contribution in [0.5, 0.6) is 0 Å². The van der Waals surface area contributed by atoms with Crippen LogP contribution in [0.3, 0.4) is 0 Å². The van der Waals surface area contributed by atoms with E-state index in [1.54, 1.807) is 30.3 Å². The highest BCUT2D eigenvalue weighted by molar-refractivity contribution is 5.75. The van der Waals surface area contributed by atoms with E-state index < -0.39 is 5.97 Å². The lowest BCUT2D eigenvalue weighted by Gasteiger charge is -2.08. The molecule has 0 bridgehead atoms. The van der Waals surface area contributed by atoms with Crippen molar-refractivity contribution in [3.63, 3.8) is 0 Å². The van der Waals surface area contributed by atoms with Gasteiger partial charge in [-0.05, 0) is 36.8 Å². The van der Waals surface area contributed by atoms with Gasteiger partial charge >= 0.3 is 5.97 Å². The molecule has 1 saturated carbocycles. The van der Waals surface area contributed by atoms with Crippen molar-refractivity contribution in [2.45, 2.75) is 18.9 Å². The van der Waals surface area contributed by atoms with Crippen molar-refractivity contribution >= 4 is 17.6 Å². The van der Waals surface area contributed by atoms with Gasteiger partial charge < -0.3 is 16.2 Å². The zero-order chi connectivity index (χ0) is 23.4. The molecule has 10 nitrogen and oxygen atoms in total. The van der Waals surface area contributed by atoms with E-state index in [4.69, 9.17) is 21.6 Å². The van der Waals surface area contributed by atoms with E-state index in [-0.39, 0.29) is 23.5 Å². The molecule has 2 aromatic heterocycles. The molecule has 5 N–H and O–H groups in total. The van der Waals surface area contributed by atoms with Gasteiger partial charge in [0.05, 0.1) is 41.2 Å². The fraction of sp³-hybridized carbons (Fsp3) is 0.174. The first kappa shape index (κ1) is 21.6. The van der Waals surface area contributed by atoms with E-state index in [0.717, 1.165) is 11.4 Å². The molecular formula is C23H20N8O2. The molecule has 164 valence electrons. The summed E-state index contributed by atoms with van der Waals surface area (Å²) >= 11 is 0. The van der Waals surface area contributed by atoms with Crippen LogP contribution >= 0.6 is 0 Å². The van der Waals surface area contributed by atoms with Gasteiger partial charge in [0.1, 0.15) is 5.70 Å². The van der Waals surface area contributed by atoms with Crippen LogP contribution in [-0.4, -0.2) is 26.0 Å². The first-order valence-corrected chi connectivity index (χ1v) is 10.1. The van der Waals surface area contributed by atoms with E-state index in [2.05, 4.69) is 31.5 Å². The number of hydrogen-bond donors (Lipinski definition) is 4.